The molecule has 1 aliphatic carbocycles. The Hall–Kier alpha value is -2.25. The van der Waals surface area contributed by atoms with Crippen LogP contribution in [-0.2, 0) is 0 Å². The molecule has 1 aromatic rings. The van der Waals surface area contributed by atoms with Gasteiger partial charge in [0, 0.05) is 17.6 Å². The lowest BCUT2D eigenvalue weighted by Gasteiger charge is -2.13. The summed E-state index contributed by atoms with van der Waals surface area (Å²) in [6, 6.07) is 0.672. The molecule has 114 valence electrons. The Morgan fingerprint density at radius 2 is 1.57 bits per heavy atom. The van der Waals surface area contributed by atoms with E-state index in [0.29, 0.717) is 31.4 Å². The maximum Gasteiger partial charge on any atom is 0.404 e. The summed E-state index contributed by atoms with van der Waals surface area (Å²) in [5.41, 5.74) is -0.318. The van der Waals surface area contributed by atoms with Crippen molar-refractivity contribution in [2.75, 3.05) is 0 Å². The molecule has 1 saturated carbocycles. The summed E-state index contributed by atoms with van der Waals surface area (Å²) >= 11 is 0. The summed E-state index contributed by atoms with van der Waals surface area (Å²) in [7, 11) is 0. The van der Waals surface area contributed by atoms with Crippen molar-refractivity contribution in [2.24, 2.45) is 0 Å². The molecule has 21 heavy (non-hydrogen) atoms. The van der Waals surface area contributed by atoms with E-state index in [4.69, 9.17) is 5.11 Å². The highest BCUT2D eigenvalue weighted by molar-refractivity contribution is 5.94. The van der Waals surface area contributed by atoms with Crippen LogP contribution in [0.25, 0.3) is 0 Å². The summed E-state index contributed by atoms with van der Waals surface area (Å²) in [6.45, 7) is 0. The Morgan fingerprint density at radius 1 is 1.05 bits per heavy atom. The zero-order valence-corrected chi connectivity index (χ0v) is 10.8. The number of hydrogen-bond acceptors (Lipinski definition) is 2. The van der Waals surface area contributed by atoms with Gasteiger partial charge in [0.25, 0.3) is 5.91 Å². The maximum absolute atomic E-state index is 13.0. The number of carbonyl (C=O) groups excluding carboxylic acids is 1. The first kappa shape index (κ1) is 15.1. The van der Waals surface area contributed by atoms with Crippen LogP contribution < -0.4 is 10.6 Å². The van der Waals surface area contributed by atoms with E-state index in [1.807, 2.05) is 0 Å². The predicted molar refractivity (Wildman–Crippen MR) is 66.4 cm³/mol. The van der Waals surface area contributed by atoms with Crippen molar-refractivity contribution in [1.29, 1.82) is 0 Å². The summed E-state index contributed by atoms with van der Waals surface area (Å²) in [5, 5.41) is 13.4. The van der Waals surface area contributed by atoms with Gasteiger partial charge in [-0.1, -0.05) is 0 Å². The molecule has 1 aromatic carbocycles. The largest absolute Gasteiger partial charge is 0.465 e. The van der Waals surface area contributed by atoms with Crippen molar-refractivity contribution >= 4 is 12.0 Å². The van der Waals surface area contributed by atoms with Crippen molar-refractivity contribution in [3.05, 3.63) is 35.1 Å². The fourth-order valence-corrected chi connectivity index (χ4v) is 2.37. The molecule has 8 heteroatoms. The van der Waals surface area contributed by atoms with Crippen LogP contribution in [0.4, 0.5) is 18.0 Å². The van der Waals surface area contributed by atoms with Crippen LogP contribution in [0.2, 0.25) is 0 Å². The smallest absolute Gasteiger partial charge is 0.404 e. The number of carboxylic acid groups (broad SMARTS) is 1. The Bertz CT molecular complexity index is 557. The van der Waals surface area contributed by atoms with E-state index in [1.165, 1.54) is 0 Å². The molecule has 0 aliphatic heterocycles. The number of amides is 2. The fraction of sp³-hybridized carbons (Fsp3) is 0.385. The Kier molecular flexibility index (Phi) is 4.35. The summed E-state index contributed by atoms with van der Waals surface area (Å²) in [5.74, 6) is -5.22. The second-order valence-corrected chi connectivity index (χ2v) is 4.88. The van der Waals surface area contributed by atoms with Crippen LogP contribution in [0.1, 0.15) is 29.6 Å². The molecule has 0 radical (unpaired) electrons. The minimum Gasteiger partial charge on any atom is -0.465 e. The van der Waals surface area contributed by atoms with Crippen molar-refractivity contribution in [3.63, 3.8) is 0 Å². The average molecular weight is 302 g/mol. The monoisotopic (exact) mass is 302 g/mol. The lowest BCUT2D eigenvalue weighted by molar-refractivity contribution is 0.0936. The minimum absolute atomic E-state index is 0.269. The summed E-state index contributed by atoms with van der Waals surface area (Å²) < 4.78 is 38.9. The highest BCUT2D eigenvalue weighted by atomic mass is 19.2. The minimum atomic E-state index is -1.63. The molecular formula is C13H13F3N2O3. The zero-order valence-electron chi connectivity index (χ0n) is 10.8. The van der Waals surface area contributed by atoms with E-state index in [1.54, 1.807) is 0 Å². The van der Waals surface area contributed by atoms with Gasteiger partial charge in [-0.2, -0.15) is 0 Å². The van der Waals surface area contributed by atoms with Crippen LogP contribution in [0.3, 0.4) is 0 Å². The van der Waals surface area contributed by atoms with Gasteiger partial charge in [-0.3, -0.25) is 4.79 Å². The van der Waals surface area contributed by atoms with Crippen LogP contribution in [-0.4, -0.2) is 29.2 Å². The van der Waals surface area contributed by atoms with Crippen LogP contribution in [0.5, 0.6) is 0 Å². The van der Waals surface area contributed by atoms with Crippen LogP contribution >= 0.6 is 0 Å². The molecule has 1 fully saturated rings. The molecule has 2 rings (SSSR count). The second-order valence-electron chi connectivity index (χ2n) is 4.88. The molecule has 0 spiro atoms. The van der Waals surface area contributed by atoms with Crippen molar-refractivity contribution in [3.8, 4) is 0 Å². The number of hydrogen-bond donors (Lipinski definition) is 3. The molecule has 0 heterocycles. The van der Waals surface area contributed by atoms with E-state index in [9.17, 15) is 22.8 Å². The van der Waals surface area contributed by atoms with Crippen molar-refractivity contribution < 1.29 is 27.9 Å². The lowest BCUT2D eigenvalue weighted by Crippen LogP contribution is -2.36. The SMILES string of the molecule is O=C(O)N[C@@H]1CC[C@H](NC(=O)c2cc(F)c(F)c(F)c2)C1. The van der Waals surface area contributed by atoms with Gasteiger partial charge in [0.1, 0.15) is 0 Å². The molecule has 3 N–H and O–H groups in total. The Morgan fingerprint density at radius 3 is 2.10 bits per heavy atom. The molecule has 0 aromatic heterocycles. The number of benzene rings is 1. The van der Waals surface area contributed by atoms with E-state index < -0.39 is 29.5 Å². The molecule has 5 nitrogen and oxygen atoms in total. The highest BCUT2D eigenvalue weighted by Gasteiger charge is 2.27. The quantitative estimate of drug-likeness (QED) is 0.747. The van der Waals surface area contributed by atoms with E-state index in [0.717, 1.165) is 0 Å². The molecule has 2 amide bonds. The first-order chi connectivity index (χ1) is 9.86. The predicted octanol–water partition coefficient (Wildman–Crippen LogP) is 2.02. The van der Waals surface area contributed by atoms with Gasteiger partial charge < -0.3 is 15.7 Å². The lowest BCUT2D eigenvalue weighted by atomic mass is 10.1. The molecule has 0 unspecified atom stereocenters. The standard InChI is InChI=1S/C13H13F3N2O3/c14-9-3-6(4-10(15)11(9)16)12(19)17-7-1-2-8(5-7)18-13(20)21/h3-4,7-8,18H,1-2,5H2,(H,17,19)(H,20,21)/t7-,8+/m0/s1. The first-order valence-electron chi connectivity index (χ1n) is 6.31. The Labute approximate surface area is 118 Å². The fourth-order valence-electron chi connectivity index (χ4n) is 2.37. The highest BCUT2D eigenvalue weighted by Crippen LogP contribution is 2.20. The van der Waals surface area contributed by atoms with Gasteiger partial charge in [0.05, 0.1) is 0 Å². The number of halogens is 3. The third-order valence-corrected chi connectivity index (χ3v) is 3.34. The van der Waals surface area contributed by atoms with Crippen molar-refractivity contribution in [1.82, 2.24) is 10.6 Å². The molecule has 1 aliphatic rings. The molecule has 2 atom stereocenters. The van der Waals surface area contributed by atoms with Gasteiger partial charge in [0.15, 0.2) is 17.5 Å². The Balaban J connectivity index is 1.98. The van der Waals surface area contributed by atoms with Gasteiger partial charge in [-0.15, -0.1) is 0 Å². The van der Waals surface area contributed by atoms with Gasteiger partial charge in [0.2, 0.25) is 0 Å². The van der Waals surface area contributed by atoms with Crippen LogP contribution in [0, 0.1) is 17.5 Å². The molecular weight excluding hydrogens is 289 g/mol. The molecule has 0 bridgehead atoms. The third-order valence-electron chi connectivity index (χ3n) is 3.34. The second kappa shape index (κ2) is 6.02. The van der Waals surface area contributed by atoms with E-state index >= 15 is 0 Å². The van der Waals surface area contributed by atoms with Gasteiger partial charge in [-0.05, 0) is 31.4 Å². The van der Waals surface area contributed by atoms with Gasteiger partial charge in [-0.25, -0.2) is 18.0 Å². The zero-order chi connectivity index (χ0) is 15.6. The summed E-state index contributed by atoms with van der Waals surface area (Å²) in [4.78, 5) is 22.3. The van der Waals surface area contributed by atoms with E-state index in [-0.39, 0.29) is 17.6 Å². The first-order valence-corrected chi connectivity index (χ1v) is 6.31. The number of rotatable bonds is 3. The number of carbonyl (C=O) groups is 2. The van der Waals surface area contributed by atoms with Crippen LogP contribution in [0.15, 0.2) is 12.1 Å². The van der Waals surface area contributed by atoms with E-state index in [2.05, 4.69) is 10.6 Å². The maximum atomic E-state index is 13.0. The average Bonchev–Trinajstić information content (AvgIpc) is 2.81. The topological polar surface area (TPSA) is 78.4 Å². The van der Waals surface area contributed by atoms with Gasteiger partial charge >= 0.3 is 6.09 Å². The summed E-state index contributed by atoms with van der Waals surface area (Å²) in [6.07, 6.45) is 0.353. The van der Waals surface area contributed by atoms with Crippen molar-refractivity contribution in [2.45, 2.75) is 31.3 Å². The molecule has 0 saturated heterocycles. The number of nitrogens with one attached hydrogen (secondary N) is 2. The third kappa shape index (κ3) is 3.65. The normalized spacial score (nSPS) is 21.1.